The highest BCUT2D eigenvalue weighted by Crippen LogP contribution is 2.35. The van der Waals surface area contributed by atoms with E-state index in [4.69, 9.17) is 10.5 Å². The fourth-order valence-electron chi connectivity index (χ4n) is 1.88. The summed E-state index contributed by atoms with van der Waals surface area (Å²) in [7, 11) is 0. The second-order valence-corrected chi connectivity index (χ2v) is 6.10. The van der Waals surface area contributed by atoms with Crippen LogP contribution >= 0.6 is 31.9 Å². The number of pyridine rings is 1. The van der Waals surface area contributed by atoms with Crippen LogP contribution in [0.5, 0.6) is 5.75 Å². The predicted octanol–water partition coefficient (Wildman–Crippen LogP) is 3.73. The van der Waals surface area contributed by atoms with E-state index in [1.54, 1.807) is 6.20 Å². The van der Waals surface area contributed by atoms with Crippen LogP contribution in [-0.2, 0) is 12.8 Å². The fraction of sp³-hybridized carbons (Fsp3) is 0.267. The third-order valence-corrected chi connectivity index (χ3v) is 4.03. The molecule has 0 aliphatic carbocycles. The predicted molar refractivity (Wildman–Crippen MR) is 88.0 cm³/mol. The molecule has 1 heterocycles. The molecule has 1 aromatic carbocycles. The molecule has 106 valence electrons. The molecule has 0 spiro atoms. The van der Waals surface area contributed by atoms with Crippen LogP contribution in [0, 0.1) is 0 Å². The summed E-state index contributed by atoms with van der Waals surface area (Å²) in [5, 5.41) is 0. The van der Waals surface area contributed by atoms with Crippen LogP contribution in [0.1, 0.15) is 11.1 Å². The first-order valence-corrected chi connectivity index (χ1v) is 7.99. The zero-order valence-corrected chi connectivity index (χ0v) is 14.2. The largest absolute Gasteiger partial charge is 0.491 e. The Balaban J connectivity index is 1.99. The first-order chi connectivity index (χ1) is 9.70. The van der Waals surface area contributed by atoms with Gasteiger partial charge in [-0.2, -0.15) is 0 Å². The standard InChI is InChI=1S/C15H16Br2N2O/c16-13-8-12(3-5-18)9-14(17)15(13)20-7-4-11-2-1-6-19-10-11/h1-2,6,8-10H,3-5,7,18H2. The Morgan fingerprint density at radius 3 is 2.45 bits per heavy atom. The fourth-order valence-corrected chi connectivity index (χ4v) is 3.39. The molecule has 0 aliphatic rings. The first kappa shape index (κ1) is 15.5. The van der Waals surface area contributed by atoms with E-state index in [1.807, 2.05) is 18.3 Å². The Hall–Kier alpha value is -0.910. The molecule has 0 fully saturated rings. The van der Waals surface area contributed by atoms with Gasteiger partial charge in [0.25, 0.3) is 0 Å². The second-order valence-electron chi connectivity index (χ2n) is 4.39. The summed E-state index contributed by atoms with van der Waals surface area (Å²) in [5.41, 5.74) is 7.93. The first-order valence-electron chi connectivity index (χ1n) is 6.40. The van der Waals surface area contributed by atoms with Crippen molar-refractivity contribution in [1.82, 2.24) is 4.98 Å². The maximum atomic E-state index is 5.85. The van der Waals surface area contributed by atoms with E-state index < -0.39 is 0 Å². The van der Waals surface area contributed by atoms with Crippen molar-refractivity contribution in [3.63, 3.8) is 0 Å². The number of ether oxygens (including phenoxy) is 1. The lowest BCUT2D eigenvalue weighted by molar-refractivity contribution is 0.317. The van der Waals surface area contributed by atoms with Gasteiger partial charge in [-0.3, -0.25) is 4.98 Å². The minimum atomic E-state index is 0.610. The van der Waals surface area contributed by atoms with Crippen LogP contribution in [0.25, 0.3) is 0 Å². The van der Waals surface area contributed by atoms with Crippen molar-refractivity contribution in [3.8, 4) is 5.75 Å². The molecule has 0 amide bonds. The van der Waals surface area contributed by atoms with Gasteiger partial charge < -0.3 is 10.5 Å². The van der Waals surface area contributed by atoms with Gasteiger partial charge in [-0.05, 0) is 74.2 Å². The van der Waals surface area contributed by atoms with Crippen LogP contribution in [0.3, 0.4) is 0 Å². The van der Waals surface area contributed by atoms with E-state index in [9.17, 15) is 0 Å². The quantitative estimate of drug-likeness (QED) is 0.804. The Labute approximate surface area is 135 Å². The number of rotatable bonds is 6. The van der Waals surface area contributed by atoms with Gasteiger partial charge in [0, 0.05) is 18.8 Å². The van der Waals surface area contributed by atoms with E-state index in [0.29, 0.717) is 13.2 Å². The van der Waals surface area contributed by atoms with Crippen LogP contribution in [-0.4, -0.2) is 18.1 Å². The SMILES string of the molecule is NCCc1cc(Br)c(OCCc2cccnc2)c(Br)c1. The Bertz CT molecular complexity index is 538. The van der Waals surface area contributed by atoms with E-state index in [2.05, 4.69) is 49.0 Å². The number of hydrogen-bond acceptors (Lipinski definition) is 3. The van der Waals surface area contributed by atoms with Crippen LogP contribution < -0.4 is 10.5 Å². The molecule has 2 N–H and O–H groups in total. The second kappa shape index (κ2) is 7.76. The molecule has 20 heavy (non-hydrogen) atoms. The number of nitrogens with two attached hydrogens (primary N) is 1. The maximum absolute atomic E-state index is 5.85. The van der Waals surface area contributed by atoms with Crippen molar-refractivity contribution in [2.75, 3.05) is 13.2 Å². The van der Waals surface area contributed by atoms with Gasteiger partial charge in [-0.25, -0.2) is 0 Å². The lowest BCUT2D eigenvalue weighted by Gasteiger charge is -2.12. The molecule has 0 saturated carbocycles. The zero-order valence-electron chi connectivity index (χ0n) is 11.0. The number of benzene rings is 1. The summed E-state index contributed by atoms with van der Waals surface area (Å²) in [6, 6.07) is 8.08. The third kappa shape index (κ3) is 4.30. The van der Waals surface area contributed by atoms with Crippen molar-refractivity contribution >= 4 is 31.9 Å². The molecule has 3 nitrogen and oxygen atoms in total. The molecule has 2 aromatic rings. The minimum Gasteiger partial charge on any atom is -0.491 e. The van der Waals surface area contributed by atoms with Crippen molar-refractivity contribution in [3.05, 3.63) is 56.7 Å². The Morgan fingerprint density at radius 1 is 1.10 bits per heavy atom. The summed E-state index contributed by atoms with van der Waals surface area (Å²) in [4.78, 5) is 4.09. The van der Waals surface area contributed by atoms with Crippen molar-refractivity contribution in [2.24, 2.45) is 5.73 Å². The van der Waals surface area contributed by atoms with Gasteiger partial charge in [0.05, 0.1) is 15.6 Å². The summed E-state index contributed by atoms with van der Waals surface area (Å²) in [5.74, 6) is 0.828. The summed E-state index contributed by atoms with van der Waals surface area (Å²) in [6.45, 7) is 1.25. The molecule has 0 bridgehead atoms. The highest BCUT2D eigenvalue weighted by atomic mass is 79.9. The highest BCUT2D eigenvalue weighted by molar-refractivity contribution is 9.11. The summed E-state index contributed by atoms with van der Waals surface area (Å²) in [6.07, 6.45) is 5.32. The number of hydrogen-bond donors (Lipinski definition) is 1. The zero-order chi connectivity index (χ0) is 14.4. The van der Waals surface area contributed by atoms with Crippen LogP contribution in [0.15, 0.2) is 45.6 Å². The summed E-state index contributed by atoms with van der Waals surface area (Å²) < 4.78 is 7.74. The molecular weight excluding hydrogens is 384 g/mol. The van der Waals surface area contributed by atoms with Gasteiger partial charge in [0.1, 0.15) is 5.75 Å². The topological polar surface area (TPSA) is 48.1 Å². The van der Waals surface area contributed by atoms with Crippen LogP contribution in [0.4, 0.5) is 0 Å². The number of aromatic nitrogens is 1. The van der Waals surface area contributed by atoms with Gasteiger partial charge in [0.2, 0.25) is 0 Å². The molecule has 5 heteroatoms. The molecule has 0 radical (unpaired) electrons. The lowest BCUT2D eigenvalue weighted by Crippen LogP contribution is -2.05. The molecule has 1 aromatic heterocycles. The molecule has 0 aliphatic heterocycles. The van der Waals surface area contributed by atoms with Gasteiger partial charge in [-0.15, -0.1) is 0 Å². The number of nitrogens with zero attached hydrogens (tertiary/aromatic N) is 1. The monoisotopic (exact) mass is 398 g/mol. The molecule has 0 saturated heterocycles. The van der Waals surface area contributed by atoms with Gasteiger partial charge in [0.15, 0.2) is 0 Å². The Morgan fingerprint density at radius 2 is 1.85 bits per heavy atom. The van der Waals surface area contributed by atoms with Crippen molar-refractivity contribution < 1.29 is 4.74 Å². The maximum Gasteiger partial charge on any atom is 0.147 e. The minimum absolute atomic E-state index is 0.610. The average molecular weight is 400 g/mol. The highest BCUT2D eigenvalue weighted by Gasteiger charge is 2.09. The summed E-state index contributed by atoms with van der Waals surface area (Å²) >= 11 is 7.09. The third-order valence-electron chi connectivity index (χ3n) is 2.85. The molecule has 0 unspecified atom stereocenters. The molecule has 2 rings (SSSR count). The molecular formula is C15H16Br2N2O. The normalized spacial score (nSPS) is 10.6. The van der Waals surface area contributed by atoms with E-state index in [-0.39, 0.29) is 0 Å². The average Bonchev–Trinajstić information content (AvgIpc) is 2.43. The van der Waals surface area contributed by atoms with E-state index >= 15 is 0 Å². The Kier molecular flexibility index (Phi) is 6.01. The van der Waals surface area contributed by atoms with Gasteiger partial charge >= 0.3 is 0 Å². The number of halogens is 2. The van der Waals surface area contributed by atoms with Crippen LogP contribution in [0.2, 0.25) is 0 Å². The van der Waals surface area contributed by atoms with E-state index in [1.165, 1.54) is 11.1 Å². The van der Waals surface area contributed by atoms with Gasteiger partial charge in [-0.1, -0.05) is 6.07 Å². The van der Waals surface area contributed by atoms with Crippen molar-refractivity contribution in [2.45, 2.75) is 12.8 Å². The van der Waals surface area contributed by atoms with Crippen molar-refractivity contribution in [1.29, 1.82) is 0 Å². The lowest BCUT2D eigenvalue weighted by atomic mass is 10.1. The molecule has 0 atom stereocenters. The smallest absolute Gasteiger partial charge is 0.147 e. The van der Waals surface area contributed by atoms with E-state index in [0.717, 1.165) is 27.5 Å².